The van der Waals surface area contributed by atoms with Crippen molar-refractivity contribution in [1.82, 2.24) is 9.13 Å². The van der Waals surface area contributed by atoms with E-state index < -0.39 is 77.1 Å². The quantitative estimate of drug-likeness (QED) is 0.262. The molecule has 1 unspecified atom stereocenters. The average Bonchev–Trinajstić information content (AvgIpc) is 2.96. The van der Waals surface area contributed by atoms with Crippen LogP contribution in [-0.4, -0.2) is 34.5 Å². The molecule has 2 heterocycles. The first-order valence-corrected chi connectivity index (χ1v) is 13.6. The van der Waals surface area contributed by atoms with Gasteiger partial charge >= 0.3 is 18.0 Å². The van der Waals surface area contributed by atoms with Crippen LogP contribution in [0.25, 0.3) is 11.1 Å². The number of benzene rings is 3. The third kappa shape index (κ3) is 6.45. The normalized spacial score (nSPS) is 14.1. The first-order chi connectivity index (χ1) is 21.4. The van der Waals surface area contributed by atoms with E-state index in [4.69, 9.17) is 19.9 Å². The fourth-order valence-corrected chi connectivity index (χ4v) is 5.04. The Morgan fingerprint density at radius 2 is 1.69 bits per heavy atom. The van der Waals surface area contributed by atoms with E-state index in [-0.39, 0.29) is 30.2 Å². The molecular weight excluding hydrogens is 605 g/mol. The Morgan fingerprint density at radius 1 is 1.00 bits per heavy atom. The zero-order valence-electron chi connectivity index (χ0n) is 23.6. The lowest BCUT2D eigenvalue weighted by Gasteiger charge is -2.27. The predicted molar refractivity (Wildman–Crippen MR) is 151 cm³/mol. The van der Waals surface area contributed by atoms with Crippen LogP contribution in [0.4, 0.5) is 26.7 Å². The standard InChI is InChI=1S/C31H26F5N3O6/c1-17-26(20-9-5-12-24(27(20)33)44-19-15-43-16-19)28(40)39(14-25(45-29(37)41)18-7-3-2-4-8-18)30(42)38(17)13-21-22(31(34,35)36)10-6-11-23(21)32/h2-12,19,25H,13-16H2,1H3,(H2,37,41). The van der Waals surface area contributed by atoms with E-state index in [2.05, 4.69) is 0 Å². The number of halogens is 5. The molecular formula is C31H26F5N3O6. The highest BCUT2D eigenvalue weighted by atomic mass is 19.4. The van der Waals surface area contributed by atoms with E-state index in [9.17, 15) is 31.9 Å². The number of primary amides is 1. The fourth-order valence-electron chi connectivity index (χ4n) is 5.04. The molecule has 1 aliphatic heterocycles. The highest BCUT2D eigenvalue weighted by molar-refractivity contribution is 5.68. The number of amides is 1. The van der Waals surface area contributed by atoms with Crippen molar-refractivity contribution in [1.29, 1.82) is 0 Å². The summed E-state index contributed by atoms with van der Waals surface area (Å²) < 4.78 is 89.7. The Balaban J connectivity index is 1.74. The average molecular weight is 632 g/mol. The maximum Gasteiger partial charge on any atom is 0.416 e. The van der Waals surface area contributed by atoms with Gasteiger partial charge in [-0.2, -0.15) is 13.2 Å². The Bertz CT molecular complexity index is 1850. The zero-order valence-corrected chi connectivity index (χ0v) is 23.6. The minimum atomic E-state index is -4.98. The summed E-state index contributed by atoms with van der Waals surface area (Å²) in [7, 11) is 0. The van der Waals surface area contributed by atoms with Crippen LogP contribution < -0.4 is 21.7 Å². The summed E-state index contributed by atoms with van der Waals surface area (Å²) in [5.74, 6) is -2.45. The molecule has 3 aromatic carbocycles. The third-order valence-electron chi connectivity index (χ3n) is 7.34. The highest BCUT2D eigenvalue weighted by Crippen LogP contribution is 2.34. The van der Waals surface area contributed by atoms with Gasteiger partial charge in [-0.25, -0.2) is 18.4 Å². The number of nitrogens with two attached hydrogens (primary N) is 1. The molecule has 2 N–H and O–H groups in total. The van der Waals surface area contributed by atoms with E-state index in [1.54, 1.807) is 18.2 Å². The van der Waals surface area contributed by atoms with Gasteiger partial charge in [-0.1, -0.05) is 48.5 Å². The van der Waals surface area contributed by atoms with Gasteiger partial charge in [-0.05, 0) is 30.7 Å². The highest BCUT2D eigenvalue weighted by Gasteiger charge is 2.35. The van der Waals surface area contributed by atoms with Crippen molar-refractivity contribution in [2.45, 2.75) is 38.4 Å². The minimum absolute atomic E-state index is 0.214. The number of carbonyl (C=O) groups is 1. The molecule has 0 radical (unpaired) electrons. The van der Waals surface area contributed by atoms with E-state index in [1.165, 1.54) is 37.3 Å². The molecule has 1 aliphatic rings. The van der Waals surface area contributed by atoms with Gasteiger partial charge in [0.15, 0.2) is 11.6 Å². The molecule has 9 nitrogen and oxygen atoms in total. The Morgan fingerprint density at radius 3 is 2.31 bits per heavy atom. The van der Waals surface area contributed by atoms with E-state index >= 15 is 4.39 Å². The number of rotatable bonds is 9. The molecule has 0 saturated carbocycles. The number of carbonyl (C=O) groups excluding carboxylic acids is 1. The number of nitrogens with zero attached hydrogens (tertiary/aromatic N) is 2. The van der Waals surface area contributed by atoms with Crippen LogP contribution >= 0.6 is 0 Å². The summed E-state index contributed by atoms with van der Waals surface area (Å²) in [6, 6.07) is 14.2. The minimum Gasteiger partial charge on any atom is -0.482 e. The smallest absolute Gasteiger partial charge is 0.416 e. The van der Waals surface area contributed by atoms with Crippen LogP contribution in [0, 0.1) is 18.6 Å². The van der Waals surface area contributed by atoms with Crippen molar-refractivity contribution in [3.05, 3.63) is 122 Å². The van der Waals surface area contributed by atoms with Crippen LogP contribution in [-0.2, 0) is 28.7 Å². The van der Waals surface area contributed by atoms with Crippen molar-refractivity contribution >= 4 is 6.09 Å². The molecule has 5 rings (SSSR count). The molecule has 0 aliphatic carbocycles. The summed E-state index contributed by atoms with van der Waals surface area (Å²) in [4.78, 5) is 39.7. The molecule has 4 aromatic rings. The summed E-state index contributed by atoms with van der Waals surface area (Å²) in [5.41, 5.74) is 0.191. The summed E-state index contributed by atoms with van der Waals surface area (Å²) in [5, 5.41) is 0. The Hall–Kier alpha value is -4.98. The molecule has 1 saturated heterocycles. The van der Waals surface area contributed by atoms with Crippen molar-refractivity contribution < 1.29 is 41.0 Å². The summed E-state index contributed by atoms with van der Waals surface area (Å²) >= 11 is 0. The van der Waals surface area contributed by atoms with Crippen molar-refractivity contribution in [2.24, 2.45) is 5.73 Å². The molecule has 1 amide bonds. The van der Waals surface area contributed by atoms with Gasteiger partial charge < -0.3 is 19.9 Å². The van der Waals surface area contributed by atoms with Gasteiger partial charge in [0.25, 0.3) is 5.56 Å². The van der Waals surface area contributed by atoms with Crippen molar-refractivity contribution in [3.63, 3.8) is 0 Å². The van der Waals surface area contributed by atoms with E-state index in [1.807, 2.05) is 0 Å². The van der Waals surface area contributed by atoms with Crippen LogP contribution in [0.1, 0.15) is 28.5 Å². The molecule has 1 fully saturated rings. The van der Waals surface area contributed by atoms with Crippen molar-refractivity contribution in [3.8, 4) is 16.9 Å². The molecule has 0 bridgehead atoms. The molecule has 236 valence electrons. The maximum atomic E-state index is 15.9. The van der Waals surface area contributed by atoms with Gasteiger partial charge in [0.05, 0.1) is 37.4 Å². The monoisotopic (exact) mass is 631 g/mol. The molecule has 14 heteroatoms. The maximum absolute atomic E-state index is 15.9. The number of ether oxygens (including phenoxy) is 3. The van der Waals surface area contributed by atoms with Crippen molar-refractivity contribution in [2.75, 3.05) is 13.2 Å². The third-order valence-corrected chi connectivity index (χ3v) is 7.34. The molecule has 1 aromatic heterocycles. The SMILES string of the molecule is Cc1c(-c2cccc(OC3COC3)c2F)c(=O)n(CC(OC(N)=O)c2ccccc2)c(=O)n1Cc1c(F)cccc1C(F)(F)F. The number of alkyl halides is 3. The van der Waals surface area contributed by atoms with Crippen LogP contribution in [0.2, 0.25) is 0 Å². The second kappa shape index (κ2) is 12.6. The number of aromatic nitrogens is 2. The van der Waals surface area contributed by atoms with E-state index in [0.29, 0.717) is 16.2 Å². The topological polar surface area (TPSA) is 115 Å². The molecule has 0 spiro atoms. The second-order valence-corrected chi connectivity index (χ2v) is 10.2. The largest absolute Gasteiger partial charge is 0.482 e. The lowest BCUT2D eigenvalue weighted by molar-refractivity contribution is -0.138. The Labute approximate surface area is 252 Å². The van der Waals surface area contributed by atoms with Crippen LogP contribution in [0.15, 0.2) is 76.3 Å². The first kappa shape index (κ1) is 31.4. The second-order valence-electron chi connectivity index (χ2n) is 10.2. The van der Waals surface area contributed by atoms with Crippen LogP contribution in [0.3, 0.4) is 0 Å². The summed E-state index contributed by atoms with van der Waals surface area (Å²) in [6.07, 6.45) is -7.97. The Kier molecular flexibility index (Phi) is 8.77. The number of hydrogen-bond donors (Lipinski definition) is 1. The predicted octanol–water partition coefficient (Wildman–Crippen LogP) is 4.94. The summed E-state index contributed by atoms with van der Waals surface area (Å²) in [6.45, 7) is 0.0381. The molecule has 1 atom stereocenters. The van der Waals surface area contributed by atoms with Gasteiger partial charge in [0.2, 0.25) is 0 Å². The van der Waals surface area contributed by atoms with Gasteiger partial charge in [-0.3, -0.25) is 13.9 Å². The van der Waals surface area contributed by atoms with Crippen LogP contribution in [0.5, 0.6) is 5.75 Å². The first-order valence-electron chi connectivity index (χ1n) is 13.6. The molecule has 45 heavy (non-hydrogen) atoms. The number of hydrogen-bond acceptors (Lipinski definition) is 6. The lowest BCUT2D eigenvalue weighted by Crippen LogP contribution is -2.44. The fraction of sp³-hybridized carbons (Fsp3) is 0.258. The van der Waals surface area contributed by atoms with Gasteiger partial charge in [0, 0.05) is 16.8 Å². The zero-order chi connectivity index (χ0) is 32.5. The van der Waals surface area contributed by atoms with Gasteiger partial charge in [-0.15, -0.1) is 0 Å². The van der Waals surface area contributed by atoms with Gasteiger partial charge in [0.1, 0.15) is 18.0 Å². The van der Waals surface area contributed by atoms with E-state index in [0.717, 1.165) is 16.7 Å². The lowest BCUT2D eigenvalue weighted by atomic mass is 10.0.